The molecule has 0 spiro atoms. The Hall–Kier alpha value is -3.29. The van der Waals surface area contributed by atoms with Crippen LogP contribution < -0.4 is 10.7 Å². The Labute approximate surface area is 158 Å². The SMILES string of the molecule is O=C(NCc1ccc(F)cc1)c1cn2c(c(O)c1=O)C(=O)C1CCC(=O)C1C2. The van der Waals surface area contributed by atoms with Crippen LogP contribution in [-0.2, 0) is 17.9 Å². The monoisotopic (exact) mass is 384 g/mol. The number of ketones is 2. The highest BCUT2D eigenvalue weighted by atomic mass is 19.1. The smallest absolute Gasteiger partial charge is 0.257 e. The molecule has 2 aliphatic rings. The summed E-state index contributed by atoms with van der Waals surface area (Å²) < 4.78 is 14.3. The van der Waals surface area contributed by atoms with Crippen molar-refractivity contribution in [2.45, 2.75) is 25.9 Å². The zero-order chi connectivity index (χ0) is 20.0. The number of hydrogen-bond donors (Lipinski definition) is 2. The molecule has 0 bridgehead atoms. The second kappa shape index (κ2) is 6.70. The highest BCUT2D eigenvalue weighted by molar-refractivity contribution is 6.05. The van der Waals surface area contributed by atoms with Crippen LogP contribution in [0.1, 0.15) is 39.3 Å². The summed E-state index contributed by atoms with van der Waals surface area (Å²) in [6.45, 7) is 0.208. The van der Waals surface area contributed by atoms with Crippen LogP contribution in [0.2, 0.25) is 0 Å². The van der Waals surface area contributed by atoms with Crippen molar-refractivity contribution in [3.05, 3.63) is 63.3 Å². The van der Waals surface area contributed by atoms with Gasteiger partial charge >= 0.3 is 0 Å². The van der Waals surface area contributed by atoms with Crippen LogP contribution in [0.15, 0.2) is 35.3 Å². The van der Waals surface area contributed by atoms with Gasteiger partial charge in [-0.2, -0.15) is 0 Å². The van der Waals surface area contributed by atoms with Gasteiger partial charge in [0.05, 0.1) is 0 Å². The molecule has 2 unspecified atom stereocenters. The van der Waals surface area contributed by atoms with Gasteiger partial charge < -0.3 is 15.0 Å². The first-order valence-electron chi connectivity index (χ1n) is 8.93. The highest BCUT2D eigenvalue weighted by Crippen LogP contribution is 2.38. The van der Waals surface area contributed by atoms with Gasteiger partial charge in [0.1, 0.15) is 22.9 Å². The van der Waals surface area contributed by atoms with E-state index in [1.807, 2.05) is 0 Å². The second-order valence-corrected chi connectivity index (χ2v) is 7.11. The fraction of sp³-hybridized carbons (Fsp3) is 0.300. The maximum atomic E-state index is 12.9. The molecule has 8 heteroatoms. The molecule has 1 saturated carbocycles. The van der Waals surface area contributed by atoms with Crippen molar-refractivity contribution in [1.29, 1.82) is 0 Å². The van der Waals surface area contributed by atoms with E-state index < -0.39 is 40.5 Å². The standard InChI is InChI=1S/C20H17FN2O5/c21-11-3-1-10(2-4-11)7-22-20(28)14-9-23-8-13-12(5-6-15(13)24)17(25)16(23)19(27)18(14)26/h1-4,9,12-13,27H,5-8H2,(H,22,28). The normalized spacial score (nSPS) is 20.6. The van der Waals surface area contributed by atoms with Gasteiger partial charge in [-0.3, -0.25) is 19.2 Å². The number of nitrogens with zero attached hydrogens (tertiary/aromatic N) is 1. The number of pyridine rings is 1. The molecular weight excluding hydrogens is 367 g/mol. The van der Waals surface area contributed by atoms with Crippen LogP contribution in [0, 0.1) is 17.7 Å². The lowest BCUT2D eigenvalue weighted by Gasteiger charge is -2.28. The van der Waals surface area contributed by atoms with Gasteiger partial charge in [0.15, 0.2) is 11.5 Å². The van der Waals surface area contributed by atoms with E-state index >= 15 is 0 Å². The first kappa shape index (κ1) is 18.1. The van der Waals surface area contributed by atoms with Crippen molar-refractivity contribution in [3.8, 4) is 5.75 Å². The van der Waals surface area contributed by atoms with Gasteiger partial charge in [-0.1, -0.05) is 12.1 Å². The van der Waals surface area contributed by atoms with Gasteiger partial charge in [-0.05, 0) is 24.1 Å². The Morgan fingerprint density at radius 2 is 1.89 bits per heavy atom. The van der Waals surface area contributed by atoms with Gasteiger partial charge in [0.25, 0.3) is 5.91 Å². The first-order valence-corrected chi connectivity index (χ1v) is 8.93. The van der Waals surface area contributed by atoms with Gasteiger partial charge in [0, 0.05) is 37.5 Å². The number of carbonyl (C=O) groups excluding carboxylic acids is 3. The average Bonchev–Trinajstić information content (AvgIpc) is 3.05. The molecule has 144 valence electrons. The molecule has 2 N–H and O–H groups in total. The number of nitrogens with one attached hydrogen (secondary N) is 1. The number of aromatic hydroxyl groups is 1. The summed E-state index contributed by atoms with van der Waals surface area (Å²) in [5, 5.41) is 12.8. The minimum absolute atomic E-state index is 0.0236. The molecule has 7 nitrogen and oxygen atoms in total. The minimum atomic E-state index is -0.932. The Morgan fingerprint density at radius 1 is 1.18 bits per heavy atom. The van der Waals surface area contributed by atoms with E-state index in [9.17, 15) is 28.7 Å². The molecule has 2 aromatic rings. The van der Waals surface area contributed by atoms with Crippen molar-refractivity contribution < 1.29 is 23.9 Å². The maximum Gasteiger partial charge on any atom is 0.257 e. The zero-order valence-corrected chi connectivity index (χ0v) is 14.8. The molecule has 2 heterocycles. The number of benzene rings is 1. The van der Waals surface area contributed by atoms with Crippen molar-refractivity contribution in [2.24, 2.45) is 11.8 Å². The largest absolute Gasteiger partial charge is 0.503 e. The molecule has 1 amide bonds. The van der Waals surface area contributed by atoms with Crippen LogP contribution in [0.25, 0.3) is 0 Å². The lowest BCUT2D eigenvalue weighted by molar-refractivity contribution is -0.121. The van der Waals surface area contributed by atoms with E-state index in [2.05, 4.69) is 5.32 Å². The third-order valence-electron chi connectivity index (χ3n) is 5.43. The van der Waals surface area contributed by atoms with Crippen LogP contribution in [0.5, 0.6) is 5.75 Å². The summed E-state index contributed by atoms with van der Waals surface area (Å²) in [6, 6.07) is 5.50. The predicted octanol–water partition coefficient (Wildman–Crippen LogP) is 1.41. The molecule has 0 radical (unpaired) electrons. The lowest BCUT2D eigenvalue weighted by Crippen LogP contribution is -2.38. The summed E-state index contributed by atoms with van der Waals surface area (Å²) >= 11 is 0. The fourth-order valence-corrected chi connectivity index (χ4v) is 3.93. The summed E-state index contributed by atoms with van der Waals surface area (Å²) in [5.41, 5.74) is -0.762. The van der Waals surface area contributed by atoms with Crippen molar-refractivity contribution in [1.82, 2.24) is 9.88 Å². The molecule has 1 aromatic heterocycles. The lowest BCUT2D eigenvalue weighted by atomic mass is 9.85. The minimum Gasteiger partial charge on any atom is -0.503 e. The summed E-state index contributed by atoms with van der Waals surface area (Å²) in [4.78, 5) is 49.6. The van der Waals surface area contributed by atoms with Crippen molar-refractivity contribution in [2.75, 3.05) is 0 Å². The Kier molecular flexibility index (Phi) is 4.33. The number of rotatable bonds is 3. The van der Waals surface area contributed by atoms with E-state index in [0.29, 0.717) is 18.4 Å². The number of Topliss-reactive ketones (excluding diaryl/α,β-unsaturated/α-hetero) is 2. The fourth-order valence-electron chi connectivity index (χ4n) is 3.93. The van der Waals surface area contributed by atoms with Gasteiger partial charge in [0.2, 0.25) is 5.43 Å². The van der Waals surface area contributed by atoms with Gasteiger partial charge in [-0.15, -0.1) is 0 Å². The number of aromatic nitrogens is 1. The Balaban J connectivity index is 1.63. The van der Waals surface area contributed by atoms with Crippen LogP contribution >= 0.6 is 0 Å². The molecule has 0 saturated heterocycles. The van der Waals surface area contributed by atoms with Crippen molar-refractivity contribution >= 4 is 17.5 Å². The van der Waals surface area contributed by atoms with Crippen LogP contribution in [0.4, 0.5) is 4.39 Å². The number of fused-ring (bicyclic) bond motifs is 2. The molecule has 4 rings (SSSR count). The van der Waals surface area contributed by atoms with E-state index in [0.717, 1.165) is 0 Å². The Bertz CT molecular complexity index is 1060. The van der Waals surface area contributed by atoms with E-state index in [4.69, 9.17) is 0 Å². The van der Waals surface area contributed by atoms with Gasteiger partial charge in [-0.25, -0.2) is 4.39 Å². The second-order valence-electron chi connectivity index (χ2n) is 7.11. The third kappa shape index (κ3) is 2.90. The Morgan fingerprint density at radius 3 is 2.61 bits per heavy atom. The first-order chi connectivity index (χ1) is 13.4. The van der Waals surface area contributed by atoms with E-state index in [1.54, 1.807) is 0 Å². The van der Waals surface area contributed by atoms with E-state index in [1.165, 1.54) is 35.0 Å². The number of hydrogen-bond acceptors (Lipinski definition) is 5. The highest BCUT2D eigenvalue weighted by Gasteiger charge is 2.45. The maximum absolute atomic E-state index is 12.9. The topological polar surface area (TPSA) is 105 Å². The number of amides is 1. The molecule has 1 fully saturated rings. The molecule has 1 aromatic carbocycles. The predicted molar refractivity (Wildman–Crippen MR) is 95.5 cm³/mol. The molecular formula is C20H17FN2O5. The molecule has 2 atom stereocenters. The average molecular weight is 384 g/mol. The summed E-state index contributed by atoms with van der Waals surface area (Å²) in [6.07, 6.45) is 1.93. The zero-order valence-electron chi connectivity index (χ0n) is 14.8. The van der Waals surface area contributed by atoms with Crippen molar-refractivity contribution in [3.63, 3.8) is 0 Å². The molecule has 1 aliphatic heterocycles. The molecule has 1 aliphatic carbocycles. The number of carbonyl (C=O) groups is 3. The van der Waals surface area contributed by atoms with Crippen LogP contribution in [0.3, 0.4) is 0 Å². The molecule has 28 heavy (non-hydrogen) atoms. The number of halogens is 1. The van der Waals surface area contributed by atoms with E-state index in [-0.39, 0.29) is 30.1 Å². The van der Waals surface area contributed by atoms with Crippen LogP contribution in [-0.4, -0.2) is 27.1 Å². The summed E-state index contributed by atoms with van der Waals surface area (Å²) in [5.74, 6) is -3.37. The third-order valence-corrected chi connectivity index (χ3v) is 5.43. The summed E-state index contributed by atoms with van der Waals surface area (Å²) in [7, 11) is 0. The quantitative estimate of drug-likeness (QED) is 0.833.